The van der Waals surface area contributed by atoms with Gasteiger partial charge in [-0.1, -0.05) is 114 Å². The van der Waals surface area contributed by atoms with Crippen LogP contribution in [-0.4, -0.2) is 70.8 Å². The maximum atomic E-state index is 14.3. The molecule has 0 saturated heterocycles. The molecule has 3 rings (SSSR count). The van der Waals surface area contributed by atoms with Gasteiger partial charge in [-0.2, -0.15) is 0 Å². The van der Waals surface area contributed by atoms with Crippen LogP contribution in [0, 0.1) is 17.8 Å². The third-order valence-corrected chi connectivity index (χ3v) is 9.11. The van der Waals surface area contributed by atoms with Crippen molar-refractivity contribution in [2.24, 2.45) is 23.5 Å². The Kier molecular flexibility index (Phi) is 17.5. The number of hydrogen-bond donors (Lipinski definition) is 7. The molecule has 302 valence electrons. The molecule has 0 bridgehead atoms. The van der Waals surface area contributed by atoms with Crippen LogP contribution < -0.4 is 32.3 Å². The van der Waals surface area contributed by atoms with Crippen molar-refractivity contribution in [1.82, 2.24) is 26.6 Å². The molecule has 56 heavy (non-hydrogen) atoms. The number of hydrogen-bond acceptors (Lipinski definition) is 7. The number of carbonyl (C=O) groups excluding carboxylic acids is 6. The standard InChI is InChI=1S/C43H58N6O7/c1-26(2)21-33(39(44)52)46-43(56)38(28(5)6)49-42(55)36(24-30-15-11-8-12-16-30)48-41(54)35(23-29-13-9-7-10-14-29)47-40(53)34(22-27(3)4)45-37(51)25-31-17-19-32(50)20-18-31/h7-20,26-28,33-36,38,50H,21-25H2,1-6H3,(H2,44,52)(H,45,51)(H,46,56)(H,47,53)(H,48,54)(H,49,55)/t33-,34-,35-,36-,38-/m1/s1. The number of nitrogens with two attached hydrogens (primary N) is 1. The second-order valence-electron chi connectivity index (χ2n) is 15.4. The second-order valence-corrected chi connectivity index (χ2v) is 15.4. The van der Waals surface area contributed by atoms with Gasteiger partial charge in [-0.25, -0.2) is 0 Å². The molecule has 0 aromatic heterocycles. The lowest BCUT2D eigenvalue weighted by molar-refractivity contribution is -0.135. The molecule has 13 nitrogen and oxygen atoms in total. The fourth-order valence-corrected chi connectivity index (χ4v) is 6.18. The summed E-state index contributed by atoms with van der Waals surface area (Å²) in [5.41, 5.74) is 7.70. The molecule has 0 saturated carbocycles. The highest BCUT2D eigenvalue weighted by Gasteiger charge is 2.34. The molecule has 0 radical (unpaired) electrons. The Morgan fingerprint density at radius 1 is 0.518 bits per heavy atom. The van der Waals surface area contributed by atoms with Gasteiger partial charge in [-0.15, -0.1) is 0 Å². The minimum absolute atomic E-state index is 0.00907. The quantitative estimate of drug-likeness (QED) is 0.0861. The van der Waals surface area contributed by atoms with Crippen LogP contribution in [-0.2, 0) is 48.0 Å². The summed E-state index contributed by atoms with van der Waals surface area (Å²) in [5, 5.41) is 23.6. The topological polar surface area (TPSA) is 209 Å². The van der Waals surface area contributed by atoms with E-state index in [0.29, 0.717) is 12.0 Å². The largest absolute Gasteiger partial charge is 0.508 e. The Morgan fingerprint density at radius 2 is 0.946 bits per heavy atom. The first-order chi connectivity index (χ1) is 26.5. The molecule has 6 amide bonds. The highest BCUT2D eigenvalue weighted by Crippen LogP contribution is 2.14. The van der Waals surface area contributed by atoms with Crippen molar-refractivity contribution in [3.8, 4) is 5.75 Å². The van der Waals surface area contributed by atoms with Gasteiger partial charge in [0.05, 0.1) is 6.42 Å². The zero-order valence-corrected chi connectivity index (χ0v) is 33.2. The highest BCUT2D eigenvalue weighted by molar-refractivity contribution is 5.96. The summed E-state index contributed by atoms with van der Waals surface area (Å²) in [6, 6.07) is 19.0. The number of primary amides is 1. The Bertz CT molecular complexity index is 1750. The Morgan fingerprint density at radius 3 is 1.39 bits per heavy atom. The number of carbonyl (C=O) groups is 6. The predicted octanol–water partition coefficient (Wildman–Crippen LogP) is 3.08. The minimum Gasteiger partial charge on any atom is -0.508 e. The first-order valence-corrected chi connectivity index (χ1v) is 19.2. The molecule has 8 N–H and O–H groups in total. The number of benzene rings is 3. The fourth-order valence-electron chi connectivity index (χ4n) is 6.18. The number of phenols is 1. The van der Waals surface area contributed by atoms with E-state index in [1.165, 1.54) is 12.1 Å². The van der Waals surface area contributed by atoms with Crippen LogP contribution in [0.15, 0.2) is 84.9 Å². The van der Waals surface area contributed by atoms with E-state index in [2.05, 4.69) is 26.6 Å². The summed E-state index contributed by atoms with van der Waals surface area (Å²) in [7, 11) is 0. The lowest BCUT2D eigenvalue weighted by atomic mass is 9.98. The van der Waals surface area contributed by atoms with Gasteiger partial charge in [0, 0.05) is 12.8 Å². The molecule has 0 aliphatic rings. The summed E-state index contributed by atoms with van der Waals surface area (Å²) >= 11 is 0. The molecule has 3 aromatic carbocycles. The minimum atomic E-state index is -1.17. The SMILES string of the molecule is CC(C)C[C@@H](NC(=O)[C@H](NC(=O)[C@@H](Cc1ccccc1)NC(=O)[C@@H](Cc1ccccc1)NC(=O)[C@@H](CC(C)C)NC(=O)Cc1ccc(O)cc1)C(C)C)C(N)=O. The van der Waals surface area contributed by atoms with Crippen LogP contribution in [0.5, 0.6) is 5.75 Å². The van der Waals surface area contributed by atoms with Crippen molar-refractivity contribution in [1.29, 1.82) is 0 Å². The van der Waals surface area contributed by atoms with E-state index in [-0.39, 0.29) is 43.3 Å². The fraction of sp³-hybridized carbons (Fsp3) is 0.442. The normalized spacial score (nSPS) is 13.9. The summed E-state index contributed by atoms with van der Waals surface area (Å²) in [6.45, 7) is 11.1. The molecule has 0 unspecified atom stereocenters. The molecular weight excluding hydrogens is 713 g/mol. The molecule has 5 atom stereocenters. The van der Waals surface area contributed by atoms with Crippen LogP contribution >= 0.6 is 0 Å². The van der Waals surface area contributed by atoms with Crippen molar-refractivity contribution >= 4 is 35.4 Å². The van der Waals surface area contributed by atoms with Crippen LogP contribution in [0.3, 0.4) is 0 Å². The first-order valence-electron chi connectivity index (χ1n) is 19.2. The maximum Gasteiger partial charge on any atom is 0.243 e. The molecule has 0 heterocycles. The summed E-state index contributed by atoms with van der Waals surface area (Å²) in [6.07, 6.45) is 0.731. The number of aromatic hydroxyl groups is 1. The lowest BCUT2D eigenvalue weighted by Crippen LogP contribution is -2.60. The van der Waals surface area contributed by atoms with E-state index < -0.39 is 71.6 Å². The van der Waals surface area contributed by atoms with Crippen molar-refractivity contribution in [2.45, 2.75) is 104 Å². The number of rotatable bonds is 21. The van der Waals surface area contributed by atoms with Gasteiger partial charge in [-0.3, -0.25) is 28.8 Å². The predicted molar refractivity (Wildman–Crippen MR) is 215 cm³/mol. The van der Waals surface area contributed by atoms with Gasteiger partial charge < -0.3 is 37.4 Å². The molecule has 3 aromatic rings. The van der Waals surface area contributed by atoms with E-state index in [4.69, 9.17) is 5.73 Å². The smallest absolute Gasteiger partial charge is 0.243 e. The third kappa shape index (κ3) is 15.2. The Balaban J connectivity index is 1.89. The molecule has 0 aliphatic carbocycles. The van der Waals surface area contributed by atoms with Crippen LogP contribution in [0.2, 0.25) is 0 Å². The third-order valence-electron chi connectivity index (χ3n) is 9.11. The van der Waals surface area contributed by atoms with Gasteiger partial charge >= 0.3 is 0 Å². The lowest BCUT2D eigenvalue weighted by Gasteiger charge is -2.29. The van der Waals surface area contributed by atoms with Gasteiger partial charge in [-0.05, 0) is 59.4 Å². The van der Waals surface area contributed by atoms with Crippen molar-refractivity contribution in [3.63, 3.8) is 0 Å². The molecule has 0 spiro atoms. The first kappa shape index (κ1) is 44.7. The van der Waals surface area contributed by atoms with E-state index in [9.17, 15) is 33.9 Å². The zero-order valence-electron chi connectivity index (χ0n) is 33.2. The number of nitrogens with one attached hydrogen (secondary N) is 5. The Hall–Kier alpha value is -5.72. The summed E-state index contributed by atoms with van der Waals surface area (Å²) in [5.74, 6) is -3.78. The van der Waals surface area contributed by atoms with E-state index in [1.54, 1.807) is 38.1 Å². The molecule has 0 aliphatic heterocycles. The van der Waals surface area contributed by atoms with Crippen molar-refractivity contribution in [2.75, 3.05) is 0 Å². The molecule has 0 fully saturated rings. The number of amides is 6. The maximum absolute atomic E-state index is 14.3. The van der Waals surface area contributed by atoms with Crippen molar-refractivity contribution in [3.05, 3.63) is 102 Å². The monoisotopic (exact) mass is 770 g/mol. The molecular formula is C43H58N6O7. The molecule has 13 heteroatoms. The van der Waals surface area contributed by atoms with Crippen LogP contribution in [0.1, 0.15) is 71.1 Å². The van der Waals surface area contributed by atoms with Gasteiger partial charge in [0.1, 0.15) is 36.0 Å². The average molecular weight is 771 g/mol. The van der Waals surface area contributed by atoms with Gasteiger partial charge in [0.2, 0.25) is 35.4 Å². The number of phenolic OH excluding ortho intramolecular Hbond substituents is 1. The summed E-state index contributed by atoms with van der Waals surface area (Å²) < 4.78 is 0. The average Bonchev–Trinajstić information content (AvgIpc) is 3.13. The van der Waals surface area contributed by atoms with Gasteiger partial charge in [0.15, 0.2) is 0 Å². The highest BCUT2D eigenvalue weighted by atomic mass is 16.3. The van der Waals surface area contributed by atoms with Gasteiger partial charge in [0.25, 0.3) is 0 Å². The van der Waals surface area contributed by atoms with Crippen LogP contribution in [0.25, 0.3) is 0 Å². The van der Waals surface area contributed by atoms with E-state index in [1.807, 2.05) is 76.2 Å². The Labute approximate surface area is 330 Å². The van der Waals surface area contributed by atoms with Crippen molar-refractivity contribution < 1.29 is 33.9 Å². The zero-order chi connectivity index (χ0) is 41.4. The van der Waals surface area contributed by atoms with E-state index in [0.717, 1.165) is 11.1 Å². The second kappa shape index (κ2) is 22.0. The summed E-state index contributed by atoms with van der Waals surface area (Å²) in [4.78, 5) is 81.0. The van der Waals surface area contributed by atoms with E-state index >= 15 is 0 Å². The van der Waals surface area contributed by atoms with Crippen LogP contribution in [0.4, 0.5) is 0 Å².